The molecule has 1 aromatic heterocycles. The first kappa shape index (κ1) is 15.2. The highest BCUT2D eigenvalue weighted by Crippen LogP contribution is 2.29. The summed E-state index contributed by atoms with van der Waals surface area (Å²) in [5, 5.41) is 0.911. The van der Waals surface area contributed by atoms with E-state index in [9.17, 15) is 4.79 Å². The van der Waals surface area contributed by atoms with Crippen molar-refractivity contribution in [1.29, 1.82) is 0 Å². The van der Waals surface area contributed by atoms with Gasteiger partial charge in [0.2, 0.25) is 0 Å². The van der Waals surface area contributed by atoms with Crippen molar-refractivity contribution in [3.05, 3.63) is 65.9 Å². The molecule has 0 aliphatic heterocycles. The molecule has 3 rings (SSSR count). The van der Waals surface area contributed by atoms with Crippen molar-refractivity contribution in [3.8, 4) is 5.75 Å². The van der Waals surface area contributed by atoms with E-state index in [1.54, 1.807) is 6.92 Å². The van der Waals surface area contributed by atoms with Crippen LogP contribution in [-0.2, 0) is 18.4 Å². The zero-order valence-corrected chi connectivity index (χ0v) is 13.3. The van der Waals surface area contributed by atoms with Gasteiger partial charge >= 0.3 is 5.97 Å². The lowest BCUT2D eigenvalue weighted by Gasteiger charge is -2.08. The Hall–Kier alpha value is -2.75. The van der Waals surface area contributed by atoms with Crippen LogP contribution in [0.25, 0.3) is 10.9 Å². The Bertz CT molecular complexity index is 821. The maximum atomic E-state index is 12.0. The van der Waals surface area contributed by atoms with E-state index < -0.39 is 0 Å². The number of nitrogens with zero attached hydrogens (tertiary/aromatic N) is 1. The highest BCUT2D eigenvalue weighted by molar-refractivity contribution is 5.97. The average Bonchev–Trinajstić information content (AvgIpc) is 2.92. The highest BCUT2D eigenvalue weighted by atomic mass is 16.5. The normalized spacial score (nSPS) is 10.7. The van der Waals surface area contributed by atoms with Crippen LogP contribution in [0.1, 0.15) is 23.0 Å². The topological polar surface area (TPSA) is 40.5 Å². The van der Waals surface area contributed by atoms with E-state index in [2.05, 4.69) is 0 Å². The van der Waals surface area contributed by atoms with Gasteiger partial charge in [0.25, 0.3) is 0 Å². The number of ether oxygens (including phenoxy) is 2. The summed E-state index contributed by atoms with van der Waals surface area (Å²) in [4.78, 5) is 12.0. The van der Waals surface area contributed by atoms with Crippen LogP contribution in [-0.4, -0.2) is 17.1 Å². The zero-order valence-electron chi connectivity index (χ0n) is 13.3. The summed E-state index contributed by atoms with van der Waals surface area (Å²) >= 11 is 0. The first-order valence-corrected chi connectivity index (χ1v) is 7.63. The Kier molecular flexibility index (Phi) is 4.33. The Morgan fingerprint density at radius 2 is 1.87 bits per heavy atom. The molecule has 0 saturated carbocycles. The van der Waals surface area contributed by atoms with Gasteiger partial charge in [-0.1, -0.05) is 36.4 Å². The lowest BCUT2D eigenvalue weighted by atomic mass is 10.2. The molecule has 118 valence electrons. The van der Waals surface area contributed by atoms with Gasteiger partial charge in [0.05, 0.1) is 12.1 Å². The van der Waals surface area contributed by atoms with Crippen molar-refractivity contribution in [3.63, 3.8) is 0 Å². The summed E-state index contributed by atoms with van der Waals surface area (Å²) in [6, 6.07) is 17.6. The van der Waals surface area contributed by atoms with Gasteiger partial charge in [-0.15, -0.1) is 0 Å². The second-order valence-corrected chi connectivity index (χ2v) is 5.27. The Morgan fingerprint density at radius 1 is 1.09 bits per heavy atom. The van der Waals surface area contributed by atoms with Gasteiger partial charge < -0.3 is 14.0 Å². The SMILES string of the molecule is CCOC(=O)c1cc2c(OCc3ccccc3)cccc2n1C. The van der Waals surface area contributed by atoms with Crippen LogP contribution < -0.4 is 4.74 Å². The summed E-state index contributed by atoms with van der Waals surface area (Å²) in [5.41, 5.74) is 2.57. The minimum Gasteiger partial charge on any atom is -0.488 e. The number of fused-ring (bicyclic) bond motifs is 1. The van der Waals surface area contributed by atoms with Gasteiger partial charge in [0.1, 0.15) is 18.1 Å². The van der Waals surface area contributed by atoms with Crippen LogP contribution >= 0.6 is 0 Å². The predicted octanol–water partition coefficient (Wildman–Crippen LogP) is 3.93. The molecule has 4 nitrogen and oxygen atoms in total. The van der Waals surface area contributed by atoms with Gasteiger partial charge in [-0.05, 0) is 30.7 Å². The van der Waals surface area contributed by atoms with E-state index in [1.165, 1.54) is 0 Å². The third-order valence-corrected chi connectivity index (χ3v) is 3.77. The molecule has 0 saturated heterocycles. The van der Waals surface area contributed by atoms with Crippen LogP contribution in [0.3, 0.4) is 0 Å². The van der Waals surface area contributed by atoms with Crippen LogP contribution in [0.5, 0.6) is 5.75 Å². The molecular weight excluding hydrogens is 290 g/mol. The van der Waals surface area contributed by atoms with Gasteiger partial charge in [0, 0.05) is 12.4 Å². The predicted molar refractivity (Wildman–Crippen MR) is 89.6 cm³/mol. The number of carbonyl (C=O) groups is 1. The summed E-state index contributed by atoms with van der Waals surface area (Å²) < 4.78 is 12.9. The fourth-order valence-electron chi connectivity index (χ4n) is 2.60. The Morgan fingerprint density at radius 3 is 2.61 bits per heavy atom. The van der Waals surface area contributed by atoms with Gasteiger partial charge in [-0.3, -0.25) is 0 Å². The van der Waals surface area contributed by atoms with Gasteiger partial charge in [0.15, 0.2) is 0 Å². The largest absolute Gasteiger partial charge is 0.488 e. The minimum atomic E-state index is -0.319. The first-order valence-electron chi connectivity index (χ1n) is 7.63. The van der Waals surface area contributed by atoms with E-state index in [4.69, 9.17) is 9.47 Å². The third kappa shape index (κ3) is 3.06. The van der Waals surface area contributed by atoms with Crippen molar-refractivity contribution in [2.24, 2.45) is 7.05 Å². The third-order valence-electron chi connectivity index (χ3n) is 3.77. The van der Waals surface area contributed by atoms with Crippen LogP contribution in [0, 0.1) is 0 Å². The molecule has 0 amide bonds. The molecule has 3 aromatic rings. The summed E-state index contributed by atoms with van der Waals surface area (Å²) in [7, 11) is 1.86. The van der Waals surface area contributed by atoms with Crippen molar-refractivity contribution < 1.29 is 14.3 Å². The molecule has 0 unspecified atom stereocenters. The quantitative estimate of drug-likeness (QED) is 0.670. The van der Waals surface area contributed by atoms with Crippen LogP contribution in [0.15, 0.2) is 54.6 Å². The van der Waals surface area contributed by atoms with Crippen LogP contribution in [0.2, 0.25) is 0 Å². The Labute approximate surface area is 135 Å². The minimum absolute atomic E-state index is 0.319. The van der Waals surface area contributed by atoms with Crippen molar-refractivity contribution >= 4 is 16.9 Å². The molecule has 0 fully saturated rings. The molecule has 2 aromatic carbocycles. The van der Waals surface area contributed by atoms with E-state index in [-0.39, 0.29) is 5.97 Å². The van der Waals surface area contributed by atoms with Gasteiger partial charge in [-0.25, -0.2) is 4.79 Å². The summed E-state index contributed by atoms with van der Waals surface area (Å²) in [6.45, 7) is 2.65. The molecule has 23 heavy (non-hydrogen) atoms. The average molecular weight is 309 g/mol. The lowest BCUT2D eigenvalue weighted by Crippen LogP contribution is -2.09. The number of esters is 1. The smallest absolute Gasteiger partial charge is 0.354 e. The fraction of sp³-hybridized carbons (Fsp3) is 0.211. The van der Waals surface area contributed by atoms with Crippen molar-refractivity contribution in [2.75, 3.05) is 6.61 Å². The molecule has 0 bridgehead atoms. The van der Waals surface area contributed by atoms with E-state index in [0.29, 0.717) is 18.9 Å². The number of benzene rings is 2. The second kappa shape index (κ2) is 6.57. The van der Waals surface area contributed by atoms with Gasteiger partial charge in [-0.2, -0.15) is 0 Å². The number of aryl methyl sites for hydroxylation is 1. The number of aromatic nitrogens is 1. The number of rotatable bonds is 5. The van der Waals surface area contributed by atoms with Crippen LogP contribution in [0.4, 0.5) is 0 Å². The molecule has 0 aliphatic rings. The molecule has 1 heterocycles. The molecule has 0 atom stereocenters. The Balaban J connectivity index is 1.92. The molecular formula is C19H19NO3. The lowest BCUT2D eigenvalue weighted by molar-refractivity contribution is 0.0516. The molecule has 4 heteroatoms. The fourth-order valence-corrected chi connectivity index (χ4v) is 2.60. The zero-order chi connectivity index (χ0) is 16.2. The number of hydrogen-bond acceptors (Lipinski definition) is 3. The molecule has 0 spiro atoms. The first-order chi connectivity index (χ1) is 11.2. The van der Waals surface area contributed by atoms with E-state index in [1.807, 2.05) is 66.2 Å². The monoisotopic (exact) mass is 309 g/mol. The molecule has 0 N–H and O–H groups in total. The molecule has 0 radical (unpaired) electrons. The highest BCUT2D eigenvalue weighted by Gasteiger charge is 2.16. The van der Waals surface area contributed by atoms with Crippen molar-refractivity contribution in [1.82, 2.24) is 4.57 Å². The number of carbonyl (C=O) groups excluding carboxylic acids is 1. The maximum absolute atomic E-state index is 12.0. The van der Waals surface area contributed by atoms with E-state index in [0.717, 1.165) is 22.2 Å². The maximum Gasteiger partial charge on any atom is 0.354 e. The summed E-state index contributed by atoms with van der Waals surface area (Å²) in [6.07, 6.45) is 0. The molecule has 0 aliphatic carbocycles. The van der Waals surface area contributed by atoms with E-state index >= 15 is 0 Å². The second-order valence-electron chi connectivity index (χ2n) is 5.27. The van der Waals surface area contributed by atoms with Crippen molar-refractivity contribution in [2.45, 2.75) is 13.5 Å². The number of hydrogen-bond donors (Lipinski definition) is 0. The summed E-state index contributed by atoms with van der Waals surface area (Å²) in [5.74, 6) is 0.442. The standard InChI is InChI=1S/C19H19NO3/c1-3-22-19(21)17-12-15-16(20(17)2)10-7-11-18(15)23-13-14-8-5-4-6-9-14/h4-12H,3,13H2,1-2H3.